The van der Waals surface area contributed by atoms with E-state index >= 15 is 0 Å². The van der Waals surface area contributed by atoms with Gasteiger partial charge in [0, 0.05) is 26.2 Å². The van der Waals surface area contributed by atoms with Crippen LogP contribution >= 0.6 is 0 Å². The predicted molar refractivity (Wildman–Crippen MR) is 122 cm³/mol. The minimum absolute atomic E-state index is 0.0158. The van der Waals surface area contributed by atoms with E-state index in [1.165, 1.54) is 11.1 Å². The third-order valence-corrected chi connectivity index (χ3v) is 5.81. The number of aryl methyl sites for hydroxylation is 1. The molecular formula is C24H30N6O2. The highest BCUT2D eigenvalue weighted by atomic mass is 16.5. The highest BCUT2D eigenvalue weighted by molar-refractivity contribution is 5.77. The van der Waals surface area contributed by atoms with Gasteiger partial charge in [-0.1, -0.05) is 43.7 Å². The molecule has 0 bridgehead atoms. The lowest BCUT2D eigenvalue weighted by Gasteiger charge is -2.34. The smallest absolute Gasteiger partial charge is 0.260 e. The van der Waals surface area contributed by atoms with Crippen molar-refractivity contribution >= 4 is 5.91 Å². The van der Waals surface area contributed by atoms with Crippen LogP contribution in [0, 0.1) is 6.92 Å². The van der Waals surface area contributed by atoms with Gasteiger partial charge in [-0.05, 0) is 53.1 Å². The second-order valence-electron chi connectivity index (χ2n) is 8.51. The lowest BCUT2D eigenvalue weighted by molar-refractivity contribution is -0.135. The number of aromatic nitrogens is 4. The van der Waals surface area contributed by atoms with E-state index in [0.29, 0.717) is 25.6 Å². The van der Waals surface area contributed by atoms with Gasteiger partial charge in [-0.25, -0.2) is 0 Å². The lowest BCUT2D eigenvalue weighted by Crippen LogP contribution is -2.49. The quantitative estimate of drug-likeness (QED) is 0.569. The standard InChI is InChI=1S/C24H30N6O2/c1-18(2)20-6-10-22(11-7-20)32-17-24(31)29-14-12-28(13-15-29)16-23-25-26-27-30(23)21-8-4-19(3)5-9-21/h4-11,18H,12-17H2,1-3H3. The summed E-state index contributed by atoms with van der Waals surface area (Å²) in [5.74, 6) is 2.01. The van der Waals surface area contributed by atoms with E-state index in [0.717, 1.165) is 30.4 Å². The summed E-state index contributed by atoms with van der Waals surface area (Å²) in [6, 6.07) is 16.1. The molecular weight excluding hydrogens is 404 g/mol. The molecule has 0 N–H and O–H groups in total. The third-order valence-electron chi connectivity index (χ3n) is 5.81. The molecule has 0 unspecified atom stereocenters. The topological polar surface area (TPSA) is 76.4 Å². The molecule has 32 heavy (non-hydrogen) atoms. The van der Waals surface area contributed by atoms with Crippen LogP contribution in [0.15, 0.2) is 48.5 Å². The number of carbonyl (C=O) groups excluding carboxylic acids is 1. The Morgan fingerprint density at radius 1 is 1.00 bits per heavy atom. The first-order valence-electron chi connectivity index (χ1n) is 11.1. The van der Waals surface area contributed by atoms with E-state index in [2.05, 4.69) is 41.2 Å². The van der Waals surface area contributed by atoms with Crippen LogP contribution in [0.25, 0.3) is 5.69 Å². The fraction of sp³-hybridized carbons (Fsp3) is 0.417. The van der Waals surface area contributed by atoms with Crippen molar-refractivity contribution in [3.63, 3.8) is 0 Å². The molecule has 168 valence electrons. The average Bonchev–Trinajstić information content (AvgIpc) is 3.27. The maximum atomic E-state index is 12.6. The SMILES string of the molecule is Cc1ccc(-n2nnnc2CN2CCN(C(=O)COc3ccc(C(C)C)cc3)CC2)cc1. The molecule has 8 heteroatoms. The van der Waals surface area contributed by atoms with Crippen molar-refractivity contribution in [1.29, 1.82) is 0 Å². The fourth-order valence-corrected chi connectivity index (χ4v) is 3.73. The van der Waals surface area contributed by atoms with Crippen LogP contribution in [0.4, 0.5) is 0 Å². The Labute approximate surface area is 188 Å². The summed E-state index contributed by atoms with van der Waals surface area (Å²) < 4.78 is 7.48. The molecule has 0 spiro atoms. The van der Waals surface area contributed by atoms with Crippen LogP contribution in [0.1, 0.15) is 36.7 Å². The Kier molecular flexibility index (Phi) is 6.80. The van der Waals surface area contributed by atoms with E-state index in [1.54, 1.807) is 4.68 Å². The Morgan fingerprint density at radius 2 is 1.69 bits per heavy atom. The number of amides is 1. The number of carbonyl (C=O) groups is 1. The van der Waals surface area contributed by atoms with Crippen molar-refractivity contribution in [2.45, 2.75) is 33.2 Å². The first-order valence-corrected chi connectivity index (χ1v) is 11.1. The highest BCUT2D eigenvalue weighted by Gasteiger charge is 2.23. The number of nitrogens with zero attached hydrogens (tertiary/aromatic N) is 6. The summed E-state index contributed by atoms with van der Waals surface area (Å²) in [5.41, 5.74) is 3.40. The molecule has 1 saturated heterocycles. The number of hydrogen-bond donors (Lipinski definition) is 0. The number of benzene rings is 2. The van der Waals surface area contributed by atoms with Crippen LogP contribution in [0.5, 0.6) is 5.75 Å². The Morgan fingerprint density at radius 3 is 2.34 bits per heavy atom. The first-order chi connectivity index (χ1) is 15.5. The van der Waals surface area contributed by atoms with Crippen molar-refractivity contribution in [3.05, 3.63) is 65.5 Å². The van der Waals surface area contributed by atoms with E-state index in [-0.39, 0.29) is 12.5 Å². The summed E-state index contributed by atoms with van der Waals surface area (Å²) in [5, 5.41) is 12.2. The van der Waals surface area contributed by atoms with Crippen molar-refractivity contribution in [2.24, 2.45) is 0 Å². The van der Waals surface area contributed by atoms with Crippen molar-refractivity contribution in [1.82, 2.24) is 30.0 Å². The van der Waals surface area contributed by atoms with Crippen LogP contribution in [0.2, 0.25) is 0 Å². The van der Waals surface area contributed by atoms with Gasteiger partial charge in [0.2, 0.25) is 0 Å². The van der Waals surface area contributed by atoms with Gasteiger partial charge in [0.05, 0.1) is 12.2 Å². The maximum absolute atomic E-state index is 12.6. The number of rotatable bonds is 7. The van der Waals surface area contributed by atoms with Gasteiger partial charge < -0.3 is 9.64 Å². The van der Waals surface area contributed by atoms with Gasteiger partial charge in [0.15, 0.2) is 12.4 Å². The summed E-state index contributed by atoms with van der Waals surface area (Å²) in [7, 11) is 0. The molecule has 3 aromatic rings. The Bertz CT molecular complexity index is 1020. The minimum Gasteiger partial charge on any atom is -0.484 e. The summed E-state index contributed by atoms with van der Waals surface area (Å²) in [6.45, 7) is 9.95. The van der Waals surface area contributed by atoms with Crippen molar-refractivity contribution in [3.8, 4) is 11.4 Å². The third kappa shape index (κ3) is 5.31. The molecule has 0 atom stereocenters. The van der Waals surface area contributed by atoms with E-state index in [1.807, 2.05) is 53.4 Å². The molecule has 1 aliphatic heterocycles. The second-order valence-corrected chi connectivity index (χ2v) is 8.51. The molecule has 1 fully saturated rings. The molecule has 0 aliphatic carbocycles. The molecule has 4 rings (SSSR count). The Balaban J connectivity index is 1.26. The maximum Gasteiger partial charge on any atom is 0.260 e. The zero-order valence-electron chi connectivity index (χ0n) is 18.9. The summed E-state index contributed by atoms with van der Waals surface area (Å²) in [6.07, 6.45) is 0. The molecule has 8 nitrogen and oxygen atoms in total. The normalized spacial score (nSPS) is 14.7. The summed E-state index contributed by atoms with van der Waals surface area (Å²) in [4.78, 5) is 16.7. The fourth-order valence-electron chi connectivity index (χ4n) is 3.73. The van der Waals surface area contributed by atoms with Crippen molar-refractivity contribution in [2.75, 3.05) is 32.8 Å². The molecule has 2 aromatic carbocycles. The number of hydrogen-bond acceptors (Lipinski definition) is 6. The van der Waals surface area contributed by atoms with Crippen LogP contribution in [-0.4, -0.2) is 68.7 Å². The van der Waals surface area contributed by atoms with E-state index < -0.39 is 0 Å². The van der Waals surface area contributed by atoms with E-state index in [4.69, 9.17) is 4.74 Å². The van der Waals surface area contributed by atoms with Crippen LogP contribution < -0.4 is 4.74 Å². The zero-order valence-corrected chi connectivity index (χ0v) is 18.9. The molecule has 0 saturated carbocycles. The van der Waals surface area contributed by atoms with Gasteiger partial charge in [-0.15, -0.1) is 5.10 Å². The van der Waals surface area contributed by atoms with Gasteiger partial charge in [-0.2, -0.15) is 4.68 Å². The number of ether oxygens (including phenoxy) is 1. The monoisotopic (exact) mass is 434 g/mol. The molecule has 1 aromatic heterocycles. The Hall–Kier alpha value is -3.26. The number of piperazine rings is 1. The van der Waals surface area contributed by atoms with Crippen molar-refractivity contribution < 1.29 is 9.53 Å². The van der Waals surface area contributed by atoms with Gasteiger partial charge >= 0.3 is 0 Å². The molecule has 2 heterocycles. The highest BCUT2D eigenvalue weighted by Crippen LogP contribution is 2.19. The van der Waals surface area contributed by atoms with Crippen LogP contribution in [0.3, 0.4) is 0 Å². The average molecular weight is 435 g/mol. The first kappa shape index (κ1) is 22.0. The number of tetrazole rings is 1. The minimum atomic E-state index is 0.0158. The summed E-state index contributed by atoms with van der Waals surface area (Å²) >= 11 is 0. The predicted octanol–water partition coefficient (Wildman–Crippen LogP) is 2.82. The largest absolute Gasteiger partial charge is 0.484 e. The van der Waals surface area contributed by atoms with E-state index in [9.17, 15) is 4.79 Å². The molecule has 1 aliphatic rings. The van der Waals surface area contributed by atoms with Gasteiger partial charge in [0.1, 0.15) is 5.75 Å². The zero-order chi connectivity index (χ0) is 22.5. The van der Waals surface area contributed by atoms with Gasteiger partial charge in [-0.3, -0.25) is 9.69 Å². The second kappa shape index (κ2) is 9.91. The van der Waals surface area contributed by atoms with Crippen LogP contribution in [-0.2, 0) is 11.3 Å². The molecule has 0 radical (unpaired) electrons. The van der Waals surface area contributed by atoms with Gasteiger partial charge in [0.25, 0.3) is 5.91 Å². The molecule has 1 amide bonds. The lowest BCUT2D eigenvalue weighted by atomic mass is 10.0.